The van der Waals surface area contributed by atoms with Crippen molar-refractivity contribution < 1.29 is 9.84 Å². The van der Waals surface area contributed by atoms with Gasteiger partial charge in [-0.05, 0) is 24.3 Å². The Morgan fingerprint density at radius 1 is 1.25 bits per heavy atom. The summed E-state index contributed by atoms with van der Waals surface area (Å²) in [7, 11) is 1.62. The molecule has 2 rings (SSSR count). The van der Waals surface area contributed by atoms with Crippen LogP contribution in [0.1, 0.15) is 5.56 Å². The maximum absolute atomic E-state index is 9.18. The van der Waals surface area contributed by atoms with Gasteiger partial charge in [-0.3, -0.25) is 0 Å². The van der Waals surface area contributed by atoms with E-state index in [4.69, 9.17) is 4.74 Å². The molecule has 0 saturated heterocycles. The number of methoxy groups -OCH3 is 1. The van der Waals surface area contributed by atoms with E-state index in [0.29, 0.717) is 5.56 Å². The molecule has 0 unspecified atom stereocenters. The number of hydrogen-bond acceptors (Lipinski definition) is 4. The monoisotopic (exact) mass is 216 g/mol. The first kappa shape index (κ1) is 10.6. The molecule has 2 aromatic rings. The van der Waals surface area contributed by atoms with Crippen molar-refractivity contribution in [1.29, 1.82) is 0 Å². The van der Waals surface area contributed by atoms with Crippen molar-refractivity contribution in [3.05, 3.63) is 42.4 Å². The third-order valence-corrected chi connectivity index (χ3v) is 2.32. The van der Waals surface area contributed by atoms with Gasteiger partial charge in [0.25, 0.3) is 0 Å². The van der Waals surface area contributed by atoms with E-state index in [1.54, 1.807) is 13.3 Å². The first-order valence-electron chi connectivity index (χ1n) is 4.89. The van der Waals surface area contributed by atoms with E-state index in [9.17, 15) is 5.11 Å². The zero-order chi connectivity index (χ0) is 11.4. The number of hydrogen-bond donors (Lipinski definition) is 1. The Balaban J connectivity index is 2.42. The molecule has 0 bridgehead atoms. The molecule has 0 radical (unpaired) electrons. The molecule has 0 spiro atoms. The zero-order valence-electron chi connectivity index (χ0n) is 8.92. The third-order valence-electron chi connectivity index (χ3n) is 2.32. The van der Waals surface area contributed by atoms with Crippen LogP contribution in [0.2, 0.25) is 0 Å². The predicted molar refractivity (Wildman–Crippen MR) is 59.9 cm³/mol. The topological polar surface area (TPSA) is 55.2 Å². The van der Waals surface area contributed by atoms with Crippen LogP contribution < -0.4 is 4.74 Å². The second-order valence-corrected chi connectivity index (χ2v) is 3.28. The molecular weight excluding hydrogens is 204 g/mol. The van der Waals surface area contributed by atoms with Crippen molar-refractivity contribution in [3.8, 4) is 17.0 Å². The van der Waals surface area contributed by atoms with Gasteiger partial charge in [0.15, 0.2) is 0 Å². The Morgan fingerprint density at radius 3 is 2.62 bits per heavy atom. The highest BCUT2D eigenvalue weighted by molar-refractivity contribution is 5.63. The van der Waals surface area contributed by atoms with Crippen molar-refractivity contribution in [2.24, 2.45) is 0 Å². The molecular formula is C12H12N2O2. The fourth-order valence-corrected chi connectivity index (χ4v) is 1.48. The van der Waals surface area contributed by atoms with Gasteiger partial charge in [-0.25, -0.2) is 9.97 Å². The molecule has 1 aromatic heterocycles. The lowest BCUT2D eigenvalue weighted by Crippen LogP contribution is -1.94. The van der Waals surface area contributed by atoms with Gasteiger partial charge in [-0.2, -0.15) is 0 Å². The number of ether oxygens (including phenoxy) is 1. The molecule has 16 heavy (non-hydrogen) atoms. The second kappa shape index (κ2) is 4.72. The minimum absolute atomic E-state index is 0.0673. The lowest BCUT2D eigenvalue weighted by atomic mass is 10.1. The van der Waals surface area contributed by atoms with Gasteiger partial charge in [0, 0.05) is 17.3 Å². The molecule has 0 atom stereocenters. The molecule has 0 aliphatic carbocycles. The van der Waals surface area contributed by atoms with Crippen molar-refractivity contribution in [2.75, 3.05) is 7.11 Å². The Kier molecular flexibility index (Phi) is 3.12. The minimum Gasteiger partial charge on any atom is -0.497 e. The van der Waals surface area contributed by atoms with Crippen LogP contribution in [-0.4, -0.2) is 22.2 Å². The number of aliphatic hydroxyl groups is 1. The number of benzene rings is 1. The summed E-state index contributed by atoms with van der Waals surface area (Å²) in [5.41, 5.74) is 2.40. The summed E-state index contributed by atoms with van der Waals surface area (Å²) in [6, 6.07) is 7.53. The number of aliphatic hydroxyl groups excluding tert-OH is 1. The lowest BCUT2D eigenvalue weighted by Gasteiger charge is -2.06. The predicted octanol–water partition coefficient (Wildman–Crippen LogP) is 1.64. The molecule has 0 saturated carbocycles. The smallest absolute Gasteiger partial charge is 0.118 e. The normalized spacial score (nSPS) is 10.1. The van der Waals surface area contributed by atoms with Gasteiger partial charge in [-0.1, -0.05) is 0 Å². The van der Waals surface area contributed by atoms with Gasteiger partial charge in [0.05, 0.1) is 19.4 Å². The summed E-state index contributed by atoms with van der Waals surface area (Å²) < 4.78 is 5.08. The van der Waals surface area contributed by atoms with E-state index in [1.807, 2.05) is 24.3 Å². The summed E-state index contributed by atoms with van der Waals surface area (Å²) in [6.45, 7) is -0.0673. The van der Waals surface area contributed by atoms with Gasteiger partial charge >= 0.3 is 0 Å². The Bertz CT molecular complexity index is 469. The number of nitrogens with zero attached hydrogens (tertiary/aromatic N) is 2. The Morgan fingerprint density at radius 2 is 2.00 bits per heavy atom. The first-order valence-corrected chi connectivity index (χ1v) is 4.89. The van der Waals surface area contributed by atoms with E-state index in [2.05, 4.69) is 9.97 Å². The summed E-state index contributed by atoms with van der Waals surface area (Å²) >= 11 is 0. The van der Waals surface area contributed by atoms with Crippen molar-refractivity contribution in [3.63, 3.8) is 0 Å². The van der Waals surface area contributed by atoms with Crippen LogP contribution in [0.3, 0.4) is 0 Å². The summed E-state index contributed by atoms with van der Waals surface area (Å²) in [4.78, 5) is 8.04. The molecule has 0 aliphatic heterocycles. The number of rotatable bonds is 3. The maximum atomic E-state index is 9.18. The van der Waals surface area contributed by atoms with Crippen LogP contribution in [0, 0.1) is 0 Å². The molecule has 4 heteroatoms. The lowest BCUT2D eigenvalue weighted by molar-refractivity contribution is 0.281. The molecule has 0 fully saturated rings. The van der Waals surface area contributed by atoms with Gasteiger partial charge in [-0.15, -0.1) is 0 Å². The Hall–Kier alpha value is -1.94. The molecule has 0 amide bonds. The zero-order valence-corrected chi connectivity index (χ0v) is 8.92. The molecule has 1 N–H and O–H groups in total. The second-order valence-electron chi connectivity index (χ2n) is 3.28. The summed E-state index contributed by atoms with van der Waals surface area (Å²) in [5.74, 6) is 0.795. The van der Waals surface area contributed by atoms with Crippen molar-refractivity contribution in [2.45, 2.75) is 6.61 Å². The minimum atomic E-state index is -0.0673. The van der Waals surface area contributed by atoms with E-state index >= 15 is 0 Å². The quantitative estimate of drug-likeness (QED) is 0.847. The van der Waals surface area contributed by atoms with E-state index in [-0.39, 0.29) is 6.61 Å². The van der Waals surface area contributed by atoms with Crippen molar-refractivity contribution >= 4 is 0 Å². The molecule has 82 valence electrons. The van der Waals surface area contributed by atoms with Crippen LogP contribution in [0.25, 0.3) is 11.3 Å². The average Bonchev–Trinajstić information content (AvgIpc) is 2.39. The first-order chi connectivity index (χ1) is 7.85. The molecule has 1 heterocycles. The molecule has 4 nitrogen and oxygen atoms in total. The van der Waals surface area contributed by atoms with Gasteiger partial charge < -0.3 is 9.84 Å². The third kappa shape index (κ3) is 2.01. The van der Waals surface area contributed by atoms with Crippen LogP contribution in [0.4, 0.5) is 0 Å². The average molecular weight is 216 g/mol. The van der Waals surface area contributed by atoms with Gasteiger partial charge in [0.2, 0.25) is 0 Å². The van der Waals surface area contributed by atoms with E-state index in [0.717, 1.165) is 17.0 Å². The van der Waals surface area contributed by atoms with Crippen molar-refractivity contribution in [1.82, 2.24) is 9.97 Å². The van der Waals surface area contributed by atoms with Crippen LogP contribution in [-0.2, 0) is 6.61 Å². The largest absolute Gasteiger partial charge is 0.497 e. The summed E-state index contributed by atoms with van der Waals surface area (Å²) in [6.07, 6.45) is 3.09. The van der Waals surface area contributed by atoms with Crippen LogP contribution in [0.15, 0.2) is 36.8 Å². The number of aromatic nitrogens is 2. The van der Waals surface area contributed by atoms with Gasteiger partial charge in [0.1, 0.15) is 12.1 Å². The van der Waals surface area contributed by atoms with E-state index in [1.165, 1.54) is 6.33 Å². The highest BCUT2D eigenvalue weighted by atomic mass is 16.5. The summed E-state index contributed by atoms with van der Waals surface area (Å²) in [5, 5.41) is 9.18. The maximum Gasteiger partial charge on any atom is 0.118 e. The highest BCUT2D eigenvalue weighted by Crippen LogP contribution is 2.22. The SMILES string of the molecule is COc1ccc(-c2ncncc2CO)cc1. The molecule has 1 aromatic carbocycles. The van der Waals surface area contributed by atoms with Crippen LogP contribution in [0.5, 0.6) is 5.75 Å². The molecule has 0 aliphatic rings. The van der Waals surface area contributed by atoms with Crippen LogP contribution >= 0.6 is 0 Å². The highest BCUT2D eigenvalue weighted by Gasteiger charge is 2.05. The fourth-order valence-electron chi connectivity index (χ4n) is 1.48. The standard InChI is InChI=1S/C12H12N2O2/c1-16-11-4-2-9(3-5-11)12-10(7-15)6-13-8-14-12/h2-6,8,15H,7H2,1H3. The van der Waals surface area contributed by atoms with E-state index < -0.39 is 0 Å². The fraction of sp³-hybridized carbons (Fsp3) is 0.167. The Labute approximate surface area is 93.6 Å².